The number of Topliss-reactive ketones (excluding diaryl/α,β-unsaturated/α-hetero) is 1. The van der Waals surface area contributed by atoms with Gasteiger partial charge in [0.25, 0.3) is 0 Å². The molecule has 1 heterocycles. The molecule has 0 spiro atoms. The third kappa shape index (κ3) is 2.67. The summed E-state index contributed by atoms with van der Waals surface area (Å²) < 4.78 is 2.04. The maximum Gasteiger partial charge on any atom is 0.130 e. The standard InChI is InChI=1S/C21H20N2O/c1-15(24)6-7-16-8-12-19(13-9-16)23-21-18(14-22-23)11-10-17-4-2-3-5-20(17)21/h2-5,8-9,12-14H,6-7,10-11H2,1H3. The first kappa shape index (κ1) is 14.9. The Morgan fingerprint density at radius 3 is 2.58 bits per heavy atom. The Labute approximate surface area is 141 Å². The number of nitrogens with zero attached hydrogens (tertiary/aromatic N) is 2. The SMILES string of the molecule is CC(=O)CCc1ccc(-n2ncc3c2-c2ccccc2CC3)cc1. The first-order valence-corrected chi connectivity index (χ1v) is 8.46. The predicted octanol–water partition coefficient (Wildman–Crippen LogP) is 4.16. The molecule has 4 rings (SSSR count). The molecule has 120 valence electrons. The number of carbonyl (C=O) groups is 1. The summed E-state index contributed by atoms with van der Waals surface area (Å²) in [6.07, 6.45) is 5.52. The molecule has 0 amide bonds. The molecule has 0 saturated carbocycles. The van der Waals surface area contributed by atoms with Crippen molar-refractivity contribution in [1.29, 1.82) is 0 Å². The van der Waals surface area contributed by atoms with Gasteiger partial charge < -0.3 is 4.79 Å². The quantitative estimate of drug-likeness (QED) is 0.724. The monoisotopic (exact) mass is 316 g/mol. The normalized spacial score (nSPS) is 12.5. The van der Waals surface area contributed by atoms with Gasteiger partial charge in [0.05, 0.1) is 17.6 Å². The summed E-state index contributed by atoms with van der Waals surface area (Å²) in [5, 5.41) is 4.63. The van der Waals surface area contributed by atoms with Crippen LogP contribution in [-0.4, -0.2) is 15.6 Å². The molecule has 0 radical (unpaired) electrons. The van der Waals surface area contributed by atoms with Gasteiger partial charge in [-0.15, -0.1) is 0 Å². The summed E-state index contributed by atoms with van der Waals surface area (Å²) in [5.74, 6) is 0.233. The highest BCUT2D eigenvalue weighted by Crippen LogP contribution is 2.34. The zero-order chi connectivity index (χ0) is 16.5. The second-order valence-electron chi connectivity index (χ2n) is 6.46. The van der Waals surface area contributed by atoms with E-state index >= 15 is 0 Å². The van der Waals surface area contributed by atoms with Crippen molar-refractivity contribution < 1.29 is 4.79 Å². The molecule has 24 heavy (non-hydrogen) atoms. The van der Waals surface area contributed by atoms with Gasteiger partial charge in [-0.25, -0.2) is 4.68 Å². The van der Waals surface area contributed by atoms with E-state index in [2.05, 4.69) is 53.6 Å². The van der Waals surface area contributed by atoms with Crippen LogP contribution in [0.3, 0.4) is 0 Å². The van der Waals surface area contributed by atoms with E-state index < -0.39 is 0 Å². The summed E-state index contributed by atoms with van der Waals surface area (Å²) >= 11 is 0. The maximum atomic E-state index is 11.1. The molecular weight excluding hydrogens is 296 g/mol. The lowest BCUT2D eigenvalue weighted by molar-refractivity contribution is -0.116. The van der Waals surface area contributed by atoms with Gasteiger partial charge in [0, 0.05) is 12.0 Å². The van der Waals surface area contributed by atoms with Crippen molar-refractivity contribution in [2.75, 3.05) is 0 Å². The molecule has 0 unspecified atom stereocenters. The van der Waals surface area contributed by atoms with Crippen LogP contribution in [0.2, 0.25) is 0 Å². The van der Waals surface area contributed by atoms with Gasteiger partial charge in [-0.2, -0.15) is 5.10 Å². The highest BCUT2D eigenvalue weighted by atomic mass is 16.1. The van der Waals surface area contributed by atoms with Crippen LogP contribution in [-0.2, 0) is 24.1 Å². The molecule has 0 saturated heterocycles. The van der Waals surface area contributed by atoms with E-state index in [1.165, 1.54) is 27.9 Å². The van der Waals surface area contributed by atoms with Gasteiger partial charge in [0.2, 0.25) is 0 Å². The van der Waals surface area contributed by atoms with Crippen molar-refractivity contribution >= 4 is 5.78 Å². The molecule has 3 heteroatoms. The van der Waals surface area contributed by atoms with E-state index in [-0.39, 0.29) is 5.78 Å². The van der Waals surface area contributed by atoms with E-state index in [1.54, 1.807) is 6.92 Å². The summed E-state index contributed by atoms with van der Waals surface area (Å²) in [4.78, 5) is 11.1. The van der Waals surface area contributed by atoms with Gasteiger partial charge in [-0.05, 0) is 55.0 Å². The molecule has 2 aromatic carbocycles. The minimum absolute atomic E-state index is 0.233. The van der Waals surface area contributed by atoms with E-state index in [0.29, 0.717) is 6.42 Å². The first-order valence-electron chi connectivity index (χ1n) is 8.46. The highest BCUT2D eigenvalue weighted by molar-refractivity contribution is 5.75. The molecular formula is C21H20N2O. The van der Waals surface area contributed by atoms with Crippen LogP contribution < -0.4 is 0 Å². The Hall–Kier alpha value is -2.68. The minimum atomic E-state index is 0.233. The Bertz CT molecular complexity index is 890. The van der Waals surface area contributed by atoms with Crippen molar-refractivity contribution in [2.45, 2.75) is 32.6 Å². The minimum Gasteiger partial charge on any atom is -0.300 e. The van der Waals surface area contributed by atoms with Crippen LogP contribution in [0.4, 0.5) is 0 Å². The van der Waals surface area contributed by atoms with Gasteiger partial charge in [-0.3, -0.25) is 0 Å². The maximum absolute atomic E-state index is 11.1. The van der Waals surface area contributed by atoms with Gasteiger partial charge >= 0.3 is 0 Å². The second-order valence-corrected chi connectivity index (χ2v) is 6.46. The largest absolute Gasteiger partial charge is 0.300 e. The highest BCUT2D eigenvalue weighted by Gasteiger charge is 2.21. The van der Waals surface area contributed by atoms with Crippen LogP contribution in [0.15, 0.2) is 54.7 Å². The molecule has 1 aliphatic carbocycles. The number of rotatable bonds is 4. The number of fused-ring (bicyclic) bond motifs is 3. The number of aryl methyl sites for hydroxylation is 3. The summed E-state index contributed by atoms with van der Waals surface area (Å²) in [6, 6.07) is 17.0. The Kier molecular flexibility index (Phi) is 3.77. The fourth-order valence-electron chi connectivity index (χ4n) is 3.41. The summed E-state index contributed by atoms with van der Waals surface area (Å²) in [7, 11) is 0. The van der Waals surface area contributed by atoms with Crippen LogP contribution in [0, 0.1) is 0 Å². The lowest BCUT2D eigenvalue weighted by atomic mass is 9.90. The molecule has 0 bridgehead atoms. The van der Waals surface area contributed by atoms with Crippen LogP contribution in [0.25, 0.3) is 16.9 Å². The van der Waals surface area contributed by atoms with Gasteiger partial charge in [0.1, 0.15) is 5.78 Å². The van der Waals surface area contributed by atoms with E-state index in [4.69, 9.17) is 0 Å². The van der Waals surface area contributed by atoms with Gasteiger partial charge in [0.15, 0.2) is 0 Å². The topological polar surface area (TPSA) is 34.9 Å². The third-order valence-electron chi connectivity index (χ3n) is 4.73. The molecule has 0 N–H and O–H groups in total. The van der Waals surface area contributed by atoms with Crippen molar-refractivity contribution in [1.82, 2.24) is 9.78 Å². The van der Waals surface area contributed by atoms with Crippen molar-refractivity contribution in [2.24, 2.45) is 0 Å². The molecule has 1 aromatic heterocycles. The number of carbonyl (C=O) groups excluding carboxylic acids is 1. The first-order chi connectivity index (χ1) is 11.7. The van der Waals surface area contributed by atoms with Gasteiger partial charge in [-0.1, -0.05) is 36.4 Å². The number of hydrogen-bond donors (Lipinski definition) is 0. The average molecular weight is 316 g/mol. The average Bonchev–Trinajstić information content (AvgIpc) is 3.05. The Balaban J connectivity index is 1.70. The fraction of sp³-hybridized carbons (Fsp3) is 0.238. The Morgan fingerprint density at radius 1 is 1.04 bits per heavy atom. The van der Waals surface area contributed by atoms with Crippen LogP contribution in [0.1, 0.15) is 30.0 Å². The van der Waals surface area contributed by atoms with Crippen LogP contribution >= 0.6 is 0 Å². The number of benzene rings is 2. The van der Waals surface area contributed by atoms with E-state index in [1.807, 2.05) is 10.9 Å². The lowest BCUT2D eigenvalue weighted by Crippen LogP contribution is -2.07. The number of aromatic nitrogens is 2. The smallest absolute Gasteiger partial charge is 0.130 e. The molecule has 0 atom stereocenters. The van der Waals surface area contributed by atoms with E-state index in [0.717, 1.165) is 24.9 Å². The molecule has 0 fully saturated rings. The number of ketones is 1. The number of hydrogen-bond acceptors (Lipinski definition) is 2. The summed E-state index contributed by atoms with van der Waals surface area (Å²) in [5.41, 5.74) is 7.47. The second kappa shape index (κ2) is 6.08. The lowest BCUT2D eigenvalue weighted by Gasteiger charge is -2.18. The molecule has 0 aliphatic heterocycles. The predicted molar refractivity (Wildman–Crippen MR) is 95.4 cm³/mol. The third-order valence-corrected chi connectivity index (χ3v) is 4.73. The van der Waals surface area contributed by atoms with Crippen molar-refractivity contribution in [3.63, 3.8) is 0 Å². The zero-order valence-corrected chi connectivity index (χ0v) is 13.8. The van der Waals surface area contributed by atoms with E-state index in [9.17, 15) is 4.79 Å². The molecule has 3 aromatic rings. The Morgan fingerprint density at radius 2 is 1.79 bits per heavy atom. The van der Waals surface area contributed by atoms with Crippen molar-refractivity contribution in [3.8, 4) is 16.9 Å². The molecule has 3 nitrogen and oxygen atoms in total. The molecule has 1 aliphatic rings. The van der Waals surface area contributed by atoms with Crippen LogP contribution in [0.5, 0.6) is 0 Å². The zero-order valence-electron chi connectivity index (χ0n) is 13.8. The van der Waals surface area contributed by atoms with Crippen molar-refractivity contribution in [3.05, 3.63) is 71.4 Å². The fourth-order valence-corrected chi connectivity index (χ4v) is 3.41. The summed E-state index contributed by atoms with van der Waals surface area (Å²) in [6.45, 7) is 1.64.